The van der Waals surface area contributed by atoms with Crippen molar-refractivity contribution in [2.24, 2.45) is 0 Å². The third kappa shape index (κ3) is 3.09. The Morgan fingerprint density at radius 3 is 2.83 bits per heavy atom. The maximum atomic E-state index is 5.92. The van der Waals surface area contributed by atoms with Gasteiger partial charge in [0.15, 0.2) is 9.48 Å². The van der Waals surface area contributed by atoms with Crippen LogP contribution in [0.4, 0.5) is 0 Å². The van der Waals surface area contributed by atoms with Gasteiger partial charge in [0.2, 0.25) is 0 Å². The Hall–Kier alpha value is -1.19. The zero-order valence-electron chi connectivity index (χ0n) is 12.4. The maximum absolute atomic E-state index is 5.92. The topological polar surface area (TPSA) is 52.8 Å². The molecule has 0 N–H and O–H groups in total. The molecule has 7 heteroatoms. The van der Waals surface area contributed by atoms with Crippen molar-refractivity contribution in [3.05, 3.63) is 40.5 Å². The highest BCUT2D eigenvalue weighted by Gasteiger charge is 2.23. The van der Waals surface area contributed by atoms with Gasteiger partial charge in [0.25, 0.3) is 0 Å². The van der Waals surface area contributed by atoms with Crippen molar-refractivity contribution < 1.29 is 4.74 Å². The van der Waals surface area contributed by atoms with E-state index in [0.29, 0.717) is 0 Å². The van der Waals surface area contributed by atoms with E-state index >= 15 is 0 Å². The lowest BCUT2D eigenvalue weighted by Gasteiger charge is -2.24. The first-order valence-corrected chi connectivity index (χ1v) is 9.45. The molecule has 2 aromatic heterocycles. The molecule has 1 aliphatic rings. The van der Waals surface area contributed by atoms with Crippen LogP contribution in [0.3, 0.4) is 0 Å². The number of imidazole rings is 1. The highest BCUT2D eigenvalue weighted by atomic mass is 127. The summed E-state index contributed by atoms with van der Waals surface area (Å²) in [5.41, 5.74) is 1.70. The van der Waals surface area contributed by atoms with Gasteiger partial charge in [-0.15, -0.1) is 0 Å². The molecule has 0 bridgehead atoms. The van der Waals surface area contributed by atoms with Gasteiger partial charge in [-0.1, -0.05) is 30.0 Å². The van der Waals surface area contributed by atoms with Gasteiger partial charge in [-0.2, -0.15) is 0 Å². The smallest absolute Gasteiger partial charge is 0.175 e. The summed E-state index contributed by atoms with van der Waals surface area (Å²) in [7, 11) is 0. The first-order chi connectivity index (χ1) is 11.3. The summed E-state index contributed by atoms with van der Waals surface area (Å²) in [4.78, 5) is 14.8. The summed E-state index contributed by atoms with van der Waals surface area (Å²) in [6, 6.07) is 10.2. The van der Waals surface area contributed by atoms with Crippen molar-refractivity contribution in [2.45, 2.75) is 35.4 Å². The Labute approximate surface area is 152 Å². The molecule has 1 aromatic carbocycles. The van der Waals surface area contributed by atoms with Crippen molar-refractivity contribution >= 4 is 45.5 Å². The Kier molecular flexibility index (Phi) is 4.50. The van der Waals surface area contributed by atoms with Crippen molar-refractivity contribution in [2.75, 3.05) is 6.61 Å². The van der Waals surface area contributed by atoms with E-state index in [9.17, 15) is 0 Å². The summed E-state index contributed by atoms with van der Waals surface area (Å²) >= 11 is 3.87. The number of aromatic nitrogens is 4. The number of ether oxygens (including phenoxy) is 1. The second-order valence-corrected chi connectivity index (χ2v) is 7.37. The average Bonchev–Trinajstić information content (AvgIpc) is 2.94. The number of halogens is 1. The molecule has 1 aliphatic heterocycles. The fraction of sp³-hybridized carbons (Fsp3) is 0.312. The molecule has 3 heterocycles. The summed E-state index contributed by atoms with van der Waals surface area (Å²) in [6.07, 6.45) is 4.96. The maximum Gasteiger partial charge on any atom is 0.175 e. The average molecular weight is 438 g/mol. The van der Waals surface area contributed by atoms with Gasteiger partial charge in [0, 0.05) is 34.1 Å². The first kappa shape index (κ1) is 15.3. The highest BCUT2D eigenvalue weighted by Crippen LogP contribution is 2.34. The number of hydrogen-bond donors (Lipinski definition) is 0. The summed E-state index contributed by atoms with van der Waals surface area (Å²) in [5.74, 6) is 0. The molecule has 1 unspecified atom stereocenters. The van der Waals surface area contributed by atoms with Gasteiger partial charge >= 0.3 is 0 Å². The monoisotopic (exact) mass is 438 g/mol. The van der Waals surface area contributed by atoms with E-state index in [2.05, 4.69) is 49.3 Å². The minimum Gasteiger partial charge on any atom is -0.358 e. The van der Waals surface area contributed by atoms with Crippen LogP contribution in [0.5, 0.6) is 0 Å². The second-order valence-electron chi connectivity index (χ2n) is 5.34. The lowest BCUT2D eigenvalue weighted by Crippen LogP contribution is -2.19. The third-order valence-electron chi connectivity index (χ3n) is 3.80. The van der Waals surface area contributed by atoms with E-state index in [-0.39, 0.29) is 6.23 Å². The van der Waals surface area contributed by atoms with E-state index in [0.717, 1.165) is 44.4 Å². The van der Waals surface area contributed by atoms with Crippen LogP contribution < -0.4 is 0 Å². The van der Waals surface area contributed by atoms with Gasteiger partial charge in [-0.3, -0.25) is 4.57 Å². The Morgan fingerprint density at radius 2 is 2.04 bits per heavy atom. The molecule has 4 rings (SSSR count). The van der Waals surface area contributed by atoms with Crippen LogP contribution in [0.1, 0.15) is 25.5 Å². The van der Waals surface area contributed by atoms with Crippen molar-refractivity contribution in [3.63, 3.8) is 0 Å². The lowest BCUT2D eigenvalue weighted by atomic mass is 10.2. The Bertz CT molecular complexity index is 818. The van der Waals surface area contributed by atoms with Crippen molar-refractivity contribution in [1.82, 2.24) is 19.5 Å². The molecule has 23 heavy (non-hydrogen) atoms. The van der Waals surface area contributed by atoms with Crippen LogP contribution in [0.15, 0.2) is 46.6 Å². The molecule has 1 fully saturated rings. The number of hydrogen-bond acceptors (Lipinski definition) is 5. The minimum atomic E-state index is 0.0325. The Morgan fingerprint density at radius 1 is 1.17 bits per heavy atom. The van der Waals surface area contributed by atoms with Crippen LogP contribution >= 0.6 is 34.4 Å². The van der Waals surface area contributed by atoms with Crippen LogP contribution in [-0.4, -0.2) is 26.1 Å². The molecule has 0 spiro atoms. The van der Waals surface area contributed by atoms with Gasteiger partial charge in [-0.05, 0) is 31.4 Å². The van der Waals surface area contributed by atoms with E-state index < -0.39 is 0 Å². The van der Waals surface area contributed by atoms with Gasteiger partial charge < -0.3 is 4.74 Å². The molecule has 5 nitrogen and oxygen atoms in total. The van der Waals surface area contributed by atoms with E-state index in [1.165, 1.54) is 6.42 Å². The molecule has 118 valence electrons. The standard InChI is InChI=1S/C16H15IN4OS/c17-16-20-13-14(21(16)12-8-4-5-9-22-12)18-10-19-15(13)23-11-6-2-1-3-7-11/h1-3,6-7,10,12H,4-5,8-9H2. The van der Waals surface area contributed by atoms with Crippen molar-refractivity contribution in [1.29, 1.82) is 0 Å². The largest absolute Gasteiger partial charge is 0.358 e. The third-order valence-corrected chi connectivity index (χ3v) is 5.56. The lowest BCUT2D eigenvalue weighted by molar-refractivity contribution is -0.0313. The Balaban J connectivity index is 1.76. The molecule has 0 saturated carbocycles. The fourth-order valence-corrected chi connectivity index (χ4v) is 4.35. The summed E-state index contributed by atoms with van der Waals surface area (Å²) < 4.78 is 8.93. The molecule has 0 aliphatic carbocycles. The summed E-state index contributed by atoms with van der Waals surface area (Å²) in [6.45, 7) is 0.803. The van der Waals surface area contributed by atoms with E-state index in [1.54, 1.807) is 18.1 Å². The van der Waals surface area contributed by atoms with Gasteiger partial charge in [0.1, 0.15) is 23.1 Å². The van der Waals surface area contributed by atoms with Crippen LogP contribution in [0.25, 0.3) is 11.2 Å². The number of benzene rings is 1. The SMILES string of the molecule is Ic1nc2c(Sc3ccccc3)ncnc2n1C1CCCCO1. The zero-order valence-corrected chi connectivity index (χ0v) is 15.3. The predicted molar refractivity (Wildman–Crippen MR) is 97.4 cm³/mol. The quantitative estimate of drug-likeness (QED) is 0.347. The first-order valence-electron chi connectivity index (χ1n) is 7.56. The summed E-state index contributed by atoms with van der Waals surface area (Å²) in [5, 5.41) is 0.883. The van der Waals surface area contributed by atoms with Crippen LogP contribution in [0, 0.1) is 3.83 Å². The van der Waals surface area contributed by atoms with E-state index in [4.69, 9.17) is 9.72 Å². The molecular formula is C16H15IN4OS. The van der Waals surface area contributed by atoms with Crippen LogP contribution in [-0.2, 0) is 4.74 Å². The van der Waals surface area contributed by atoms with Crippen LogP contribution in [0.2, 0.25) is 0 Å². The normalized spacial score (nSPS) is 18.4. The predicted octanol–water partition coefficient (Wildman–Crippen LogP) is 4.28. The highest BCUT2D eigenvalue weighted by molar-refractivity contribution is 14.1. The zero-order chi connectivity index (χ0) is 15.6. The molecular weight excluding hydrogens is 423 g/mol. The molecule has 1 saturated heterocycles. The minimum absolute atomic E-state index is 0.0325. The van der Waals surface area contributed by atoms with E-state index in [1.807, 2.05) is 18.2 Å². The number of rotatable bonds is 3. The second kappa shape index (κ2) is 6.74. The fourth-order valence-electron chi connectivity index (χ4n) is 2.72. The number of nitrogens with zero attached hydrogens (tertiary/aromatic N) is 4. The van der Waals surface area contributed by atoms with Gasteiger partial charge in [-0.25, -0.2) is 15.0 Å². The molecule has 0 amide bonds. The van der Waals surface area contributed by atoms with Crippen molar-refractivity contribution in [3.8, 4) is 0 Å². The number of fused-ring (bicyclic) bond motifs is 1. The molecule has 1 atom stereocenters. The molecule has 3 aromatic rings. The van der Waals surface area contributed by atoms with Gasteiger partial charge in [0.05, 0.1) is 0 Å². The molecule has 0 radical (unpaired) electrons.